The summed E-state index contributed by atoms with van der Waals surface area (Å²) in [5.41, 5.74) is 1.56. The van der Waals surface area contributed by atoms with E-state index in [1.165, 1.54) is 5.39 Å². The number of pyridine rings is 1. The topological polar surface area (TPSA) is 30.0 Å². The summed E-state index contributed by atoms with van der Waals surface area (Å²) in [6, 6.07) is 14.0. The third-order valence-electron chi connectivity index (χ3n) is 2.73. The smallest absolute Gasteiger partial charge is 0.151 e. The second-order valence-corrected chi connectivity index (χ2v) is 3.74. The third kappa shape index (κ3) is 1.27. The van der Waals surface area contributed by atoms with Crippen molar-refractivity contribution < 1.29 is 4.79 Å². The maximum atomic E-state index is 10.7. The monoisotopic (exact) mass is 207 g/mol. The van der Waals surface area contributed by atoms with Gasteiger partial charge in [-0.2, -0.15) is 0 Å². The van der Waals surface area contributed by atoms with Crippen LogP contribution < -0.4 is 0 Å². The fraction of sp³-hybridized carbons (Fsp3) is 0. The molecular formula is C14H9NO. The van der Waals surface area contributed by atoms with Gasteiger partial charge in [0, 0.05) is 22.5 Å². The fourth-order valence-corrected chi connectivity index (χ4v) is 1.95. The van der Waals surface area contributed by atoms with E-state index in [1.807, 2.05) is 36.4 Å². The lowest BCUT2D eigenvalue weighted by Crippen LogP contribution is -1.85. The molecule has 0 spiro atoms. The Kier molecular flexibility index (Phi) is 1.93. The third-order valence-corrected chi connectivity index (χ3v) is 2.73. The lowest BCUT2D eigenvalue weighted by molar-refractivity contribution is 0.112. The molecule has 0 aliphatic carbocycles. The van der Waals surface area contributed by atoms with Crippen molar-refractivity contribution in [1.29, 1.82) is 0 Å². The first-order chi connectivity index (χ1) is 7.88. The number of hydrogen-bond donors (Lipinski definition) is 0. The van der Waals surface area contributed by atoms with Crippen LogP contribution in [-0.4, -0.2) is 11.3 Å². The van der Waals surface area contributed by atoms with Crippen molar-refractivity contribution in [2.75, 3.05) is 0 Å². The number of carbonyl (C=O) groups excluding carboxylic acids is 1. The van der Waals surface area contributed by atoms with Gasteiger partial charge in [-0.25, -0.2) is 0 Å². The Morgan fingerprint density at radius 3 is 2.69 bits per heavy atom. The Labute approximate surface area is 92.5 Å². The maximum Gasteiger partial charge on any atom is 0.151 e. The Morgan fingerprint density at radius 1 is 1.00 bits per heavy atom. The van der Waals surface area contributed by atoms with Crippen molar-refractivity contribution in [3.8, 4) is 0 Å². The molecule has 0 amide bonds. The van der Waals surface area contributed by atoms with Gasteiger partial charge < -0.3 is 0 Å². The van der Waals surface area contributed by atoms with Crippen molar-refractivity contribution in [2.45, 2.75) is 0 Å². The SMILES string of the molecule is O=Cc1cnc2c(ccc3ccccc32)c1. The summed E-state index contributed by atoms with van der Waals surface area (Å²) in [7, 11) is 0. The highest BCUT2D eigenvalue weighted by atomic mass is 16.1. The summed E-state index contributed by atoms with van der Waals surface area (Å²) in [6.45, 7) is 0. The molecule has 0 saturated heterocycles. The van der Waals surface area contributed by atoms with E-state index in [2.05, 4.69) is 11.1 Å². The van der Waals surface area contributed by atoms with Crippen molar-refractivity contribution >= 4 is 28.0 Å². The molecule has 1 heterocycles. The van der Waals surface area contributed by atoms with Crippen LogP contribution in [0.4, 0.5) is 0 Å². The van der Waals surface area contributed by atoms with Crippen LogP contribution in [0.1, 0.15) is 10.4 Å². The highest BCUT2D eigenvalue weighted by Gasteiger charge is 2.01. The highest BCUT2D eigenvalue weighted by molar-refractivity contribution is 6.05. The van der Waals surface area contributed by atoms with Crippen LogP contribution in [0.2, 0.25) is 0 Å². The second-order valence-electron chi connectivity index (χ2n) is 3.74. The molecule has 76 valence electrons. The average Bonchev–Trinajstić information content (AvgIpc) is 2.38. The molecule has 0 saturated carbocycles. The maximum absolute atomic E-state index is 10.7. The van der Waals surface area contributed by atoms with Crippen LogP contribution in [0.3, 0.4) is 0 Å². The number of hydrogen-bond acceptors (Lipinski definition) is 2. The molecule has 2 aromatic carbocycles. The van der Waals surface area contributed by atoms with Crippen LogP contribution in [-0.2, 0) is 0 Å². The number of fused-ring (bicyclic) bond motifs is 3. The first-order valence-electron chi connectivity index (χ1n) is 5.11. The van der Waals surface area contributed by atoms with Gasteiger partial charge in [0.25, 0.3) is 0 Å². The molecule has 0 bridgehead atoms. The van der Waals surface area contributed by atoms with E-state index in [0.717, 1.165) is 22.6 Å². The van der Waals surface area contributed by atoms with Gasteiger partial charge >= 0.3 is 0 Å². The van der Waals surface area contributed by atoms with Crippen LogP contribution >= 0.6 is 0 Å². The lowest BCUT2D eigenvalue weighted by atomic mass is 10.1. The molecule has 2 nitrogen and oxygen atoms in total. The van der Waals surface area contributed by atoms with Gasteiger partial charge in [0.05, 0.1) is 5.52 Å². The van der Waals surface area contributed by atoms with E-state index < -0.39 is 0 Å². The van der Waals surface area contributed by atoms with Crippen molar-refractivity contribution in [3.05, 3.63) is 54.2 Å². The average molecular weight is 207 g/mol. The summed E-state index contributed by atoms with van der Waals surface area (Å²) in [6.07, 6.45) is 2.43. The normalized spacial score (nSPS) is 10.8. The van der Waals surface area contributed by atoms with Gasteiger partial charge in [-0.1, -0.05) is 36.4 Å². The molecule has 16 heavy (non-hydrogen) atoms. The highest BCUT2D eigenvalue weighted by Crippen LogP contribution is 2.23. The van der Waals surface area contributed by atoms with Gasteiger partial charge in [-0.15, -0.1) is 0 Å². The van der Waals surface area contributed by atoms with E-state index in [0.29, 0.717) is 5.56 Å². The minimum Gasteiger partial charge on any atom is -0.298 e. The molecule has 0 atom stereocenters. The number of nitrogens with zero attached hydrogens (tertiary/aromatic N) is 1. The molecule has 0 N–H and O–H groups in total. The number of benzene rings is 2. The standard InChI is InChI=1S/C14H9NO/c16-9-10-7-12-6-5-11-3-1-2-4-13(11)14(12)15-8-10/h1-9H. The minimum absolute atomic E-state index is 0.614. The summed E-state index contributed by atoms with van der Waals surface area (Å²) < 4.78 is 0. The zero-order chi connectivity index (χ0) is 11.0. The molecular weight excluding hydrogens is 198 g/mol. The van der Waals surface area contributed by atoms with Crippen LogP contribution in [0.5, 0.6) is 0 Å². The first-order valence-corrected chi connectivity index (χ1v) is 5.11. The summed E-state index contributed by atoms with van der Waals surface area (Å²) in [4.78, 5) is 15.0. The molecule has 0 radical (unpaired) electrons. The second kappa shape index (κ2) is 3.42. The van der Waals surface area contributed by atoms with E-state index >= 15 is 0 Å². The Morgan fingerprint density at radius 2 is 1.81 bits per heavy atom. The molecule has 1 aromatic heterocycles. The van der Waals surface area contributed by atoms with E-state index in [4.69, 9.17) is 0 Å². The number of aldehydes is 1. The van der Waals surface area contributed by atoms with E-state index in [1.54, 1.807) is 6.20 Å². The fourth-order valence-electron chi connectivity index (χ4n) is 1.95. The number of carbonyl (C=O) groups is 1. The van der Waals surface area contributed by atoms with Crippen molar-refractivity contribution in [1.82, 2.24) is 4.98 Å². The molecule has 0 aliphatic heterocycles. The van der Waals surface area contributed by atoms with Gasteiger partial charge in [0.2, 0.25) is 0 Å². The Hall–Kier alpha value is -2.22. The minimum atomic E-state index is 0.614. The molecule has 2 heteroatoms. The predicted octanol–water partition coefficient (Wildman–Crippen LogP) is 3.20. The van der Waals surface area contributed by atoms with E-state index in [9.17, 15) is 4.79 Å². The number of aromatic nitrogens is 1. The molecule has 3 rings (SSSR count). The van der Waals surface area contributed by atoms with Crippen LogP contribution in [0.25, 0.3) is 21.7 Å². The quantitative estimate of drug-likeness (QED) is 0.453. The van der Waals surface area contributed by atoms with E-state index in [-0.39, 0.29) is 0 Å². The molecule has 0 aliphatic rings. The molecule has 3 aromatic rings. The summed E-state index contributed by atoms with van der Waals surface area (Å²) >= 11 is 0. The summed E-state index contributed by atoms with van der Waals surface area (Å²) in [5, 5.41) is 3.29. The molecule has 0 unspecified atom stereocenters. The largest absolute Gasteiger partial charge is 0.298 e. The molecule has 0 fully saturated rings. The van der Waals surface area contributed by atoms with Crippen molar-refractivity contribution in [2.24, 2.45) is 0 Å². The number of rotatable bonds is 1. The Bertz CT molecular complexity index is 688. The first kappa shape index (κ1) is 9.04. The predicted molar refractivity (Wildman–Crippen MR) is 64.6 cm³/mol. The Balaban J connectivity index is 2.47. The van der Waals surface area contributed by atoms with Crippen LogP contribution in [0.15, 0.2) is 48.7 Å². The zero-order valence-electron chi connectivity index (χ0n) is 8.55. The van der Waals surface area contributed by atoms with Gasteiger partial charge in [0.15, 0.2) is 6.29 Å². The van der Waals surface area contributed by atoms with Gasteiger partial charge in [0.1, 0.15) is 0 Å². The summed E-state index contributed by atoms with van der Waals surface area (Å²) in [5.74, 6) is 0. The van der Waals surface area contributed by atoms with Crippen molar-refractivity contribution in [3.63, 3.8) is 0 Å². The zero-order valence-corrected chi connectivity index (χ0v) is 8.55. The lowest BCUT2D eigenvalue weighted by Gasteiger charge is -2.02. The van der Waals surface area contributed by atoms with Crippen LogP contribution in [0, 0.1) is 0 Å². The van der Waals surface area contributed by atoms with Gasteiger partial charge in [-0.3, -0.25) is 9.78 Å². The van der Waals surface area contributed by atoms with Gasteiger partial charge in [-0.05, 0) is 11.5 Å².